The van der Waals surface area contributed by atoms with Crippen LogP contribution in [-0.4, -0.2) is 19.6 Å². The third kappa shape index (κ3) is 4.95. The van der Waals surface area contributed by atoms with Crippen molar-refractivity contribution in [3.05, 3.63) is 38.3 Å². The molecule has 4 nitrogen and oxygen atoms in total. The Hall–Kier alpha value is -0.980. The zero-order valence-electron chi connectivity index (χ0n) is 14.9. The van der Waals surface area contributed by atoms with Crippen molar-refractivity contribution in [1.82, 2.24) is 5.32 Å². The van der Waals surface area contributed by atoms with Crippen LogP contribution in [0.25, 0.3) is 0 Å². The molecule has 1 amide bonds. The molecule has 0 radical (unpaired) electrons. The van der Waals surface area contributed by atoms with Crippen LogP contribution in [0.1, 0.15) is 25.7 Å². The van der Waals surface area contributed by atoms with E-state index in [2.05, 4.69) is 5.32 Å². The van der Waals surface area contributed by atoms with Gasteiger partial charge in [0.05, 0.1) is 31.5 Å². The highest BCUT2D eigenvalue weighted by Gasteiger charge is 2.25. The number of amides is 1. The van der Waals surface area contributed by atoms with Crippen LogP contribution in [0.4, 0.5) is 0 Å². The summed E-state index contributed by atoms with van der Waals surface area (Å²) >= 11 is 26.3. The number of carbonyl (C=O) groups is 1. The van der Waals surface area contributed by atoms with E-state index in [0.29, 0.717) is 40.3 Å². The molecule has 9 heteroatoms. The number of halogens is 4. The molecule has 0 bridgehead atoms. The molecule has 0 saturated heterocycles. The Morgan fingerprint density at radius 3 is 2.57 bits per heavy atom. The molecule has 0 fully saturated rings. The van der Waals surface area contributed by atoms with Gasteiger partial charge in [0.1, 0.15) is 16.5 Å². The van der Waals surface area contributed by atoms with Gasteiger partial charge in [0.25, 0.3) is 0 Å². The summed E-state index contributed by atoms with van der Waals surface area (Å²) in [5, 5.41) is 3.96. The first-order valence-electron chi connectivity index (χ1n) is 8.60. The van der Waals surface area contributed by atoms with Crippen molar-refractivity contribution in [3.8, 4) is 17.2 Å². The van der Waals surface area contributed by atoms with Crippen LogP contribution in [0, 0.1) is 0 Å². The minimum Gasteiger partial charge on any atom is -0.492 e. The van der Waals surface area contributed by atoms with Crippen molar-refractivity contribution in [2.45, 2.75) is 35.5 Å². The van der Waals surface area contributed by atoms with Gasteiger partial charge in [0.15, 0.2) is 5.75 Å². The molecule has 1 heterocycles. The Balaban J connectivity index is 1.64. The third-order valence-corrected chi connectivity index (χ3v) is 6.70. The lowest BCUT2D eigenvalue weighted by Crippen LogP contribution is -2.16. The Kier molecular flexibility index (Phi) is 7.51. The summed E-state index contributed by atoms with van der Waals surface area (Å²) in [5.74, 6) is 1.69. The van der Waals surface area contributed by atoms with E-state index in [1.807, 2.05) is 6.07 Å². The van der Waals surface area contributed by atoms with Gasteiger partial charge in [0, 0.05) is 19.5 Å². The van der Waals surface area contributed by atoms with Crippen molar-refractivity contribution < 1.29 is 14.3 Å². The number of benzene rings is 2. The van der Waals surface area contributed by atoms with E-state index in [9.17, 15) is 4.79 Å². The molecule has 3 rings (SSSR count). The normalized spacial score (nSPS) is 12.0. The molecule has 0 atom stereocenters. The number of hydrogen-bond donors (Lipinski definition) is 1. The Bertz CT molecular complexity index is 907. The molecule has 0 saturated carbocycles. The minimum absolute atomic E-state index is 0.0532. The fourth-order valence-electron chi connectivity index (χ4n) is 2.61. The molecule has 0 spiro atoms. The zero-order valence-corrected chi connectivity index (χ0v) is 18.8. The fourth-order valence-corrected chi connectivity index (χ4v) is 4.59. The van der Waals surface area contributed by atoms with Gasteiger partial charge in [-0.3, -0.25) is 4.79 Å². The van der Waals surface area contributed by atoms with Crippen molar-refractivity contribution in [2.24, 2.45) is 0 Å². The summed E-state index contributed by atoms with van der Waals surface area (Å²) < 4.78 is 11.7. The standard InChI is InChI=1S/C19H17Cl4NO3S/c1-24-16(25)5-3-2-4-6-26-12-9-14-13(7-10(12)20)27-19-15(28-14)8-11(21)17(22)18(19)23/h7-9H,2-6H2,1H3,(H,24,25). The third-order valence-electron chi connectivity index (χ3n) is 4.10. The van der Waals surface area contributed by atoms with Crippen LogP contribution in [-0.2, 0) is 4.79 Å². The van der Waals surface area contributed by atoms with Gasteiger partial charge in [-0.1, -0.05) is 58.2 Å². The number of ether oxygens (including phenoxy) is 2. The van der Waals surface area contributed by atoms with Crippen molar-refractivity contribution in [1.29, 1.82) is 0 Å². The van der Waals surface area contributed by atoms with Gasteiger partial charge in [-0.05, 0) is 31.4 Å². The van der Waals surface area contributed by atoms with Gasteiger partial charge >= 0.3 is 0 Å². The monoisotopic (exact) mass is 479 g/mol. The van der Waals surface area contributed by atoms with E-state index in [-0.39, 0.29) is 16.0 Å². The smallest absolute Gasteiger partial charge is 0.219 e. The maximum atomic E-state index is 11.2. The van der Waals surface area contributed by atoms with Crippen LogP contribution in [0.5, 0.6) is 17.2 Å². The number of rotatable bonds is 7. The molecular weight excluding hydrogens is 464 g/mol. The summed E-state index contributed by atoms with van der Waals surface area (Å²) in [5.41, 5.74) is 0. The van der Waals surface area contributed by atoms with Gasteiger partial charge in [-0.25, -0.2) is 0 Å². The maximum absolute atomic E-state index is 11.2. The van der Waals surface area contributed by atoms with E-state index >= 15 is 0 Å². The maximum Gasteiger partial charge on any atom is 0.219 e. The average Bonchev–Trinajstić information content (AvgIpc) is 2.68. The lowest BCUT2D eigenvalue weighted by molar-refractivity contribution is -0.120. The quantitative estimate of drug-likeness (QED) is 0.286. The number of fused-ring (bicyclic) bond motifs is 2. The number of carbonyl (C=O) groups excluding carboxylic acids is 1. The predicted molar refractivity (Wildman–Crippen MR) is 115 cm³/mol. The number of nitrogens with one attached hydrogen (secondary N) is 1. The van der Waals surface area contributed by atoms with Crippen LogP contribution < -0.4 is 14.8 Å². The van der Waals surface area contributed by atoms with E-state index < -0.39 is 0 Å². The molecule has 28 heavy (non-hydrogen) atoms. The lowest BCUT2D eigenvalue weighted by atomic mass is 10.2. The molecule has 150 valence electrons. The summed E-state index contributed by atoms with van der Waals surface area (Å²) in [7, 11) is 1.64. The molecule has 1 aliphatic heterocycles. The van der Waals surface area contributed by atoms with Crippen molar-refractivity contribution in [3.63, 3.8) is 0 Å². The zero-order chi connectivity index (χ0) is 20.3. The molecule has 2 aromatic carbocycles. The van der Waals surface area contributed by atoms with Gasteiger partial charge in [-0.2, -0.15) is 0 Å². The lowest BCUT2D eigenvalue weighted by Gasteiger charge is -2.22. The predicted octanol–water partition coefficient (Wildman–Crippen LogP) is 7.24. The molecule has 0 aromatic heterocycles. The summed E-state index contributed by atoms with van der Waals surface area (Å²) in [6.45, 7) is 0.516. The Morgan fingerprint density at radius 1 is 1.04 bits per heavy atom. The number of unbranched alkanes of at least 4 members (excludes halogenated alkanes) is 2. The highest BCUT2D eigenvalue weighted by molar-refractivity contribution is 7.99. The molecular formula is C19H17Cl4NO3S. The van der Waals surface area contributed by atoms with Crippen molar-refractivity contribution in [2.75, 3.05) is 13.7 Å². The van der Waals surface area contributed by atoms with Gasteiger partial charge < -0.3 is 14.8 Å². The molecule has 1 N–H and O–H groups in total. The number of hydrogen-bond acceptors (Lipinski definition) is 4. The topological polar surface area (TPSA) is 47.6 Å². The largest absolute Gasteiger partial charge is 0.492 e. The summed E-state index contributed by atoms with van der Waals surface area (Å²) in [6.07, 6.45) is 3.09. The van der Waals surface area contributed by atoms with Crippen LogP contribution in [0.3, 0.4) is 0 Å². The molecule has 2 aromatic rings. The second-order valence-electron chi connectivity index (χ2n) is 6.08. The van der Waals surface area contributed by atoms with E-state index in [4.69, 9.17) is 55.9 Å². The molecule has 0 aliphatic carbocycles. The van der Waals surface area contributed by atoms with E-state index in [0.717, 1.165) is 29.1 Å². The van der Waals surface area contributed by atoms with Crippen LogP contribution >= 0.6 is 58.2 Å². The van der Waals surface area contributed by atoms with Crippen molar-refractivity contribution >= 4 is 64.1 Å². The Labute approximate surface area is 187 Å². The molecule has 1 aliphatic rings. The SMILES string of the molecule is CNC(=O)CCCCCOc1cc2c(cc1Cl)Oc1c(cc(Cl)c(Cl)c1Cl)S2. The first-order valence-corrected chi connectivity index (χ1v) is 10.9. The summed E-state index contributed by atoms with van der Waals surface area (Å²) in [4.78, 5) is 12.8. The van der Waals surface area contributed by atoms with Gasteiger partial charge in [-0.15, -0.1) is 0 Å². The molecule has 0 unspecified atom stereocenters. The average molecular weight is 481 g/mol. The van der Waals surface area contributed by atoms with E-state index in [1.165, 1.54) is 11.8 Å². The minimum atomic E-state index is 0.0532. The first-order chi connectivity index (χ1) is 13.4. The summed E-state index contributed by atoms with van der Waals surface area (Å²) in [6, 6.07) is 5.26. The van der Waals surface area contributed by atoms with E-state index in [1.54, 1.807) is 19.2 Å². The fraction of sp³-hybridized carbons (Fsp3) is 0.316. The van der Waals surface area contributed by atoms with Crippen LogP contribution in [0.2, 0.25) is 20.1 Å². The second kappa shape index (κ2) is 9.68. The van der Waals surface area contributed by atoms with Gasteiger partial charge in [0.2, 0.25) is 5.91 Å². The first kappa shape index (κ1) is 21.7. The Morgan fingerprint density at radius 2 is 1.82 bits per heavy atom. The second-order valence-corrected chi connectivity index (χ2v) is 8.73. The highest BCUT2D eigenvalue weighted by atomic mass is 35.5. The van der Waals surface area contributed by atoms with Crippen LogP contribution in [0.15, 0.2) is 28.0 Å². The highest BCUT2D eigenvalue weighted by Crippen LogP contribution is 2.54.